The molecule has 0 unspecified atom stereocenters. The molecule has 32 heavy (non-hydrogen) atoms. The summed E-state index contributed by atoms with van der Waals surface area (Å²) in [5.74, 6) is -1.54. The number of hydrogen-bond acceptors (Lipinski definition) is 6. The largest absolute Gasteiger partial charge is 0.494 e. The number of rotatable bonds is 8. The van der Waals surface area contributed by atoms with Crippen molar-refractivity contribution in [3.05, 3.63) is 54.3 Å². The summed E-state index contributed by atoms with van der Waals surface area (Å²) in [5.41, 5.74) is 0.263. The summed E-state index contributed by atoms with van der Waals surface area (Å²) in [6, 6.07) is 11.6. The van der Waals surface area contributed by atoms with Crippen molar-refractivity contribution in [2.45, 2.75) is 24.7 Å². The molecular weight excluding hydrogens is 439 g/mol. The standard InChI is InChI=1S/C22H25FN2O6S/c1-2-30-19-6-8-20(9-7-19)32(28,29)25-12-10-16(11-13-25)22(27)31-15-21(26)24-18-5-3-4-17(23)14-18/h3-9,14,16H,2,10-13,15H2,1H3,(H,24,26). The highest BCUT2D eigenvalue weighted by Crippen LogP contribution is 2.26. The Morgan fingerprint density at radius 2 is 1.81 bits per heavy atom. The van der Waals surface area contributed by atoms with Crippen molar-refractivity contribution < 1.29 is 31.9 Å². The van der Waals surface area contributed by atoms with Crippen LogP contribution in [0.5, 0.6) is 5.75 Å². The summed E-state index contributed by atoms with van der Waals surface area (Å²) >= 11 is 0. The van der Waals surface area contributed by atoms with Gasteiger partial charge in [-0.2, -0.15) is 4.31 Å². The summed E-state index contributed by atoms with van der Waals surface area (Å²) in [4.78, 5) is 24.4. The topological polar surface area (TPSA) is 102 Å². The Morgan fingerprint density at radius 1 is 1.12 bits per heavy atom. The molecule has 1 N–H and O–H groups in total. The van der Waals surface area contributed by atoms with Crippen LogP contribution in [0.15, 0.2) is 53.4 Å². The van der Waals surface area contributed by atoms with Gasteiger partial charge in [-0.15, -0.1) is 0 Å². The van der Waals surface area contributed by atoms with Crippen LogP contribution in [0.4, 0.5) is 10.1 Å². The number of nitrogens with one attached hydrogen (secondary N) is 1. The first-order chi connectivity index (χ1) is 15.3. The third-order valence-corrected chi connectivity index (χ3v) is 6.93. The Labute approximate surface area is 186 Å². The second-order valence-electron chi connectivity index (χ2n) is 7.25. The predicted octanol–water partition coefficient (Wildman–Crippen LogP) is 2.81. The minimum absolute atomic E-state index is 0.163. The van der Waals surface area contributed by atoms with Gasteiger partial charge in [0.1, 0.15) is 11.6 Å². The second-order valence-corrected chi connectivity index (χ2v) is 9.19. The number of carbonyl (C=O) groups excluding carboxylic acids is 2. The van der Waals surface area contributed by atoms with E-state index in [4.69, 9.17) is 9.47 Å². The van der Waals surface area contributed by atoms with Gasteiger partial charge in [0.05, 0.1) is 17.4 Å². The van der Waals surface area contributed by atoms with Gasteiger partial charge in [-0.3, -0.25) is 9.59 Å². The third kappa shape index (κ3) is 6.04. The lowest BCUT2D eigenvalue weighted by Crippen LogP contribution is -2.40. The average Bonchev–Trinajstić information content (AvgIpc) is 2.78. The molecule has 1 amide bonds. The molecule has 1 heterocycles. The number of benzene rings is 2. The lowest BCUT2D eigenvalue weighted by molar-refractivity contribution is -0.152. The van der Waals surface area contributed by atoms with E-state index in [-0.39, 0.29) is 23.7 Å². The fraction of sp³-hybridized carbons (Fsp3) is 0.364. The van der Waals surface area contributed by atoms with Crippen LogP contribution in [0.3, 0.4) is 0 Å². The number of nitrogens with zero attached hydrogens (tertiary/aromatic N) is 1. The number of hydrogen-bond donors (Lipinski definition) is 1. The van der Waals surface area contributed by atoms with Crippen LogP contribution in [-0.2, 0) is 24.3 Å². The maximum absolute atomic E-state index is 13.2. The molecule has 0 radical (unpaired) electrons. The molecule has 0 saturated carbocycles. The van der Waals surface area contributed by atoms with Crippen LogP contribution in [0.1, 0.15) is 19.8 Å². The Morgan fingerprint density at radius 3 is 2.44 bits per heavy atom. The van der Waals surface area contributed by atoms with Gasteiger partial charge in [-0.25, -0.2) is 12.8 Å². The zero-order valence-electron chi connectivity index (χ0n) is 17.6. The van der Waals surface area contributed by atoms with Gasteiger partial charge in [0, 0.05) is 18.8 Å². The number of anilines is 1. The van der Waals surface area contributed by atoms with Crippen LogP contribution in [0.25, 0.3) is 0 Å². The lowest BCUT2D eigenvalue weighted by Gasteiger charge is -2.30. The summed E-state index contributed by atoms with van der Waals surface area (Å²) in [7, 11) is -3.68. The number of ether oxygens (including phenoxy) is 2. The van der Waals surface area contributed by atoms with Crippen molar-refractivity contribution in [1.29, 1.82) is 0 Å². The molecular formula is C22H25FN2O6S. The number of amides is 1. The van der Waals surface area contributed by atoms with Gasteiger partial charge in [-0.05, 0) is 62.2 Å². The maximum Gasteiger partial charge on any atom is 0.309 e. The fourth-order valence-electron chi connectivity index (χ4n) is 3.37. The van der Waals surface area contributed by atoms with E-state index >= 15 is 0 Å². The molecule has 1 aliphatic heterocycles. The number of esters is 1. The van der Waals surface area contributed by atoms with Crippen LogP contribution in [-0.4, -0.2) is 50.9 Å². The quantitative estimate of drug-likeness (QED) is 0.603. The van der Waals surface area contributed by atoms with Crippen molar-refractivity contribution in [2.75, 3.05) is 31.6 Å². The van der Waals surface area contributed by atoms with Crippen LogP contribution >= 0.6 is 0 Å². The minimum Gasteiger partial charge on any atom is -0.494 e. The Hall–Kier alpha value is -2.98. The molecule has 8 nitrogen and oxygen atoms in total. The second kappa shape index (κ2) is 10.6. The van der Waals surface area contributed by atoms with Crippen LogP contribution in [0, 0.1) is 11.7 Å². The number of sulfonamides is 1. The fourth-order valence-corrected chi connectivity index (χ4v) is 4.84. The minimum atomic E-state index is -3.68. The molecule has 172 valence electrons. The molecule has 0 atom stereocenters. The highest BCUT2D eigenvalue weighted by Gasteiger charge is 2.33. The Balaban J connectivity index is 1.48. The van der Waals surface area contributed by atoms with Gasteiger partial charge in [0.25, 0.3) is 5.91 Å². The Bertz CT molecular complexity index is 1050. The smallest absolute Gasteiger partial charge is 0.309 e. The van der Waals surface area contributed by atoms with Crippen molar-refractivity contribution in [3.63, 3.8) is 0 Å². The molecule has 1 saturated heterocycles. The molecule has 0 aromatic heterocycles. The van der Waals surface area contributed by atoms with Gasteiger partial charge in [0.2, 0.25) is 10.0 Å². The Kier molecular flexibility index (Phi) is 7.81. The van der Waals surface area contributed by atoms with Crippen molar-refractivity contribution >= 4 is 27.6 Å². The number of halogens is 1. The van der Waals surface area contributed by atoms with Gasteiger partial charge >= 0.3 is 5.97 Å². The number of carbonyl (C=O) groups is 2. The molecule has 2 aromatic carbocycles. The van der Waals surface area contributed by atoms with E-state index in [0.29, 0.717) is 25.2 Å². The van der Waals surface area contributed by atoms with Crippen molar-refractivity contribution in [1.82, 2.24) is 4.31 Å². The van der Waals surface area contributed by atoms with E-state index < -0.39 is 40.2 Å². The van der Waals surface area contributed by atoms with E-state index in [1.807, 2.05) is 6.92 Å². The first-order valence-corrected chi connectivity index (χ1v) is 11.7. The molecule has 2 aromatic rings. The zero-order chi connectivity index (χ0) is 23.1. The zero-order valence-corrected chi connectivity index (χ0v) is 18.4. The molecule has 0 bridgehead atoms. The van der Waals surface area contributed by atoms with E-state index in [1.165, 1.54) is 34.6 Å². The summed E-state index contributed by atoms with van der Waals surface area (Å²) < 4.78 is 50.6. The molecule has 0 spiro atoms. The summed E-state index contributed by atoms with van der Waals surface area (Å²) in [6.07, 6.45) is 0.585. The average molecular weight is 465 g/mol. The van der Waals surface area contributed by atoms with E-state index in [1.54, 1.807) is 12.1 Å². The first kappa shape index (κ1) is 23.7. The maximum atomic E-state index is 13.2. The van der Waals surface area contributed by atoms with Crippen molar-refractivity contribution in [3.8, 4) is 5.75 Å². The highest BCUT2D eigenvalue weighted by molar-refractivity contribution is 7.89. The molecule has 1 aliphatic rings. The molecule has 1 fully saturated rings. The normalized spacial score (nSPS) is 15.2. The van der Waals surface area contributed by atoms with Gasteiger partial charge in [-0.1, -0.05) is 6.07 Å². The number of piperidine rings is 1. The third-order valence-electron chi connectivity index (χ3n) is 5.01. The van der Waals surface area contributed by atoms with Crippen molar-refractivity contribution in [2.24, 2.45) is 5.92 Å². The van der Waals surface area contributed by atoms with E-state index in [2.05, 4.69) is 5.32 Å². The summed E-state index contributed by atoms with van der Waals surface area (Å²) in [6.45, 7) is 2.18. The SMILES string of the molecule is CCOc1ccc(S(=O)(=O)N2CCC(C(=O)OCC(=O)Nc3cccc(F)c3)CC2)cc1. The van der Waals surface area contributed by atoms with Gasteiger partial charge < -0.3 is 14.8 Å². The summed E-state index contributed by atoms with van der Waals surface area (Å²) in [5, 5.41) is 2.45. The van der Waals surface area contributed by atoms with Crippen LogP contribution < -0.4 is 10.1 Å². The highest BCUT2D eigenvalue weighted by atomic mass is 32.2. The first-order valence-electron chi connectivity index (χ1n) is 10.2. The molecule has 10 heteroatoms. The monoisotopic (exact) mass is 464 g/mol. The van der Waals surface area contributed by atoms with E-state index in [0.717, 1.165) is 6.07 Å². The predicted molar refractivity (Wildman–Crippen MR) is 115 cm³/mol. The molecule has 0 aliphatic carbocycles. The van der Waals surface area contributed by atoms with Crippen LogP contribution in [0.2, 0.25) is 0 Å². The van der Waals surface area contributed by atoms with E-state index in [9.17, 15) is 22.4 Å². The van der Waals surface area contributed by atoms with Gasteiger partial charge in [0.15, 0.2) is 6.61 Å². The molecule has 3 rings (SSSR count). The lowest BCUT2D eigenvalue weighted by atomic mass is 9.98.